The van der Waals surface area contributed by atoms with Gasteiger partial charge in [-0.25, -0.2) is 4.98 Å². The van der Waals surface area contributed by atoms with E-state index < -0.39 is 0 Å². The van der Waals surface area contributed by atoms with Gasteiger partial charge in [0.2, 0.25) is 0 Å². The van der Waals surface area contributed by atoms with E-state index in [9.17, 15) is 0 Å². The summed E-state index contributed by atoms with van der Waals surface area (Å²) in [6, 6.07) is 14.9. The molecule has 0 amide bonds. The van der Waals surface area contributed by atoms with Gasteiger partial charge in [0.1, 0.15) is 0 Å². The maximum absolute atomic E-state index is 5.73. The Morgan fingerprint density at radius 1 is 0.654 bits per heavy atom. The Morgan fingerprint density at radius 3 is 1.62 bits per heavy atom. The number of hydrogen-bond acceptors (Lipinski definition) is 3. The van der Waals surface area contributed by atoms with Crippen molar-refractivity contribution in [3.05, 3.63) is 42.5 Å². The number of halogens is 2. The topological polar surface area (TPSA) is 37.0 Å². The highest BCUT2D eigenvalue weighted by Crippen LogP contribution is 2.24. The third kappa shape index (κ3) is 5.15. The molecule has 0 saturated carbocycles. The fourth-order valence-corrected chi connectivity index (χ4v) is 3.32. The first-order valence-corrected chi connectivity index (χ1v) is 10.3. The van der Waals surface area contributed by atoms with Crippen molar-refractivity contribution >= 4 is 56.4 Å². The Balaban J connectivity index is 1.76. The predicted molar refractivity (Wildman–Crippen MR) is 116 cm³/mol. The van der Waals surface area contributed by atoms with E-state index in [2.05, 4.69) is 53.1 Å². The summed E-state index contributed by atoms with van der Waals surface area (Å²) in [5, 5.41) is 9.22. The highest BCUT2D eigenvalue weighted by molar-refractivity contribution is 6.18. The van der Waals surface area contributed by atoms with Gasteiger partial charge in [-0.1, -0.05) is 12.1 Å². The van der Waals surface area contributed by atoms with E-state index in [0.717, 1.165) is 83.7 Å². The SMILES string of the molecule is ClCCCCNc1ccc2cc3ccc(NCCCCCl)cc3nc2c1. The van der Waals surface area contributed by atoms with Gasteiger partial charge in [0, 0.05) is 47.0 Å². The van der Waals surface area contributed by atoms with E-state index in [0.29, 0.717) is 0 Å². The van der Waals surface area contributed by atoms with E-state index in [1.807, 2.05) is 0 Å². The number of pyridine rings is 1. The molecule has 0 aliphatic heterocycles. The van der Waals surface area contributed by atoms with Crippen LogP contribution in [0, 0.1) is 0 Å². The molecule has 2 aromatic carbocycles. The fraction of sp³-hybridized carbons (Fsp3) is 0.381. The average Bonchev–Trinajstić information content (AvgIpc) is 2.67. The number of rotatable bonds is 10. The fourth-order valence-electron chi connectivity index (χ4n) is 2.95. The van der Waals surface area contributed by atoms with Crippen molar-refractivity contribution in [2.75, 3.05) is 35.5 Å². The van der Waals surface area contributed by atoms with E-state index in [-0.39, 0.29) is 0 Å². The monoisotopic (exact) mass is 389 g/mol. The van der Waals surface area contributed by atoms with Crippen LogP contribution < -0.4 is 10.6 Å². The number of aromatic nitrogens is 1. The molecule has 3 rings (SSSR count). The van der Waals surface area contributed by atoms with Crippen molar-refractivity contribution in [2.45, 2.75) is 25.7 Å². The normalized spacial score (nSPS) is 11.2. The second-order valence-corrected chi connectivity index (χ2v) is 7.20. The van der Waals surface area contributed by atoms with E-state index in [1.165, 1.54) is 0 Å². The van der Waals surface area contributed by atoms with Crippen molar-refractivity contribution in [2.24, 2.45) is 0 Å². The zero-order valence-electron chi connectivity index (χ0n) is 14.9. The Kier molecular flexibility index (Phi) is 7.22. The highest BCUT2D eigenvalue weighted by Gasteiger charge is 2.03. The zero-order valence-corrected chi connectivity index (χ0v) is 16.4. The number of nitrogens with one attached hydrogen (secondary N) is 2. The number of fused-ring (bicyclic) bond motifs is 2. The Bertz CT molecular complexity index is 784. The average molecular weight is 390 g/mol. The first-order valence-electron chi connectivity index (χ1n) is 9.24. The van der Waals surface area contributed by atoms with E-state index in [1.54, 1.807) is 0 Å². The van der Waals surface area contributed by atoms with Crippen molar-refractivity contribution in [1.82, 2.24) is 4.98 Å². The molecule has 1 heterocycles. The summed E-state index contributed by atoms with van der Waals surface area (Å²) in [5.74, 6) is 1.43. The molecule has 0 aliphatic rings. The summed E-state index contributed by atoms with van der Waals surface area (Å²) in [6.45, 7) is 1.87. The minimum Gasteiger partial charge on any atom is -0.385 e. The van der Waals surface area contributed by atoms with E-state index in [4.69, 9.17) is 28.2 Å². The Morgan fingerprint density at radius 2 is 1.15 bits per heavy atom. The Hall–Kier alpha value is -1.71. The molecule has 0 saturated heterocycles. The van der Waals surface area contributed by atoms with Crippen LogP contribution in [0.3, 0.4) is 0 Å². The summed E-state index contributed by atoms with van der Waals surface area (Å²) >= 11 is 11.5. The number of unbranched alkanes of at least 4 members (excludes halogenated alkanes) is 2. The van der Waals surface area contributed by atoms with Crippen LogP contribution in [0.25, 0.3) is 21.8 Å². The Labute approximate surface area is 165 Å². The van der Waals surface area contributed by atoms with Crippen molar-refractivity contribution in [3.63, 3.8) is 0 Å². The number of nitrogens with zero attached hydrogens (tertiary/aromatic N) is 1. The first kappa shape index (κ1) is 19.1. The van der Waals surface area contributed by atoms with Crippen LogP contribution in [-0.2, 0) is 0 Å². The number of anilines is 2. The molecule has 0 atom stereocenters. The minimum absolute atomic E-state index is 0.717. The molecule has 0 aliphatic carbocycles. The molecule has 0 unspecified atom stereocenters. The lowest BCUT2D eigenvalue weighted by atomic mass is 10.1. The number of benzene rings is 2. The van der Waals surface area contributed by atoms with Gasteiger partial charge in [0.15, 0.2) is 0 Å². The molecule has 1 aromatic heterocycles. The zero-order chi connectivity index (χ0) is 18.2. The van der Waals surface area contributed by atoms with Gasteiger partial charge in [-0.05, 0) is 56.0 Å². The van der Waals surface area contributed by atoms with Crippen molar-refractivity contribution in [1.29, 1.82) is 0 Å². The van der Waals surface area contributed by atoms with Gasteiger partial charge in [0.05, 0.1) is 11.0 Å². The smallest absolute Gasteiger partial charge is 0.0730 e. The molecule has 0 bridgehead atoms. The summed E-state index contributed by atoms with van der Waals surface area (Å²) < 4.78 is 0. The van der Waals surface area contributed by atoms with Gasteiger partial charge < -0.3 is 10.6 Å². The quantitative estimate of drug-likeness (QED) is 0.244. The third-order valence-electron chi connectivity index (χ3n) is 4.39. The van der Waals surface area contributed by atoms with Crippen molar-refractivity contribution in [3.8, 4) is 0 Å². The van der Waals surface area contributed by atoms with Crippen LogP contribution in [0.15, 0.2) is 42.5 Å². The van der Waals surface area contributed by atoms with Gasteiger partial charge in [-0.15, -0.1) is 23.2 Å². The summed E-state index contributed by atoms with van der Waals surface area (Å²) in [4.78, 5) is 4.87. The summed E-state index contributed by atoms with van der Waals surface area (Å²) in [6.07, 6.45) is 4.22. The molecule has 26 heavy (non-hydrogen) atoms. The molecule has 3 aromatic rings. The lowest BCUT2D eigenvalue weighted by Crippen LogP contribution is -2.02. The summed E-state index contributed by atoms with van der Waals surface area (Å²) in [5.41, 5.74) is 4.24. The number of hydrogen-bond donors (Lipinski definition) is 2. The summed E-state index contributed by atoms with van der Waals surface area (Å²) in [7, 11) is 0. The van der Waals surface area contributed by atoms with Crippen LogP contribution in [0.5, 0.6) is 0 Å². The molecule has 138 valence electrons. The van der Waals surface area contributed by atoms with Crippen LogP contribution in [0.4, 0.5) is 11.4 Å². The molecular weight excluding hydrogens is 365 g/mol. The van der Waals surface area contributed by atoms with Gasteiger partial charge in [-0.2, -0.15) is 0 Å². The van der Waals surface area contributed by atoms with Gasteiger partial charge >= 0.3 is 0 Å². The maximum atomic E-state index is 5.73. The lowest BCUT2D eigenvalue weighted by molar-refractivity contribution is 0.839. The van der Waals surface area contributed by atoms with Crippen LogP contribution in [-0.4, -0.2) is 29.8 Å². The molecule has 2 N–H and O–H groups in total. The van der Waals surface area contributed by atoms with Crippen LogP contribution in [0.1, 0.15) is 25.7 Å². The lowest BCUT2D eigenvalue weighted by Gasteiger charge is -2.09. The molecule has 0 fully saturated rings. The van der Waals surface area contributed by atoms with Gasteiger partial charge in [0.25, 0.3) is 0 Å². The predicted octanol–water partition coefficient (Wildman–Crippen LogP) is 6.25. The highest BCUT2D eigenvalue weighted by atomic mass is 35.5. The second-order valence-electron chi connectivity index (χ2n) is 6.45. The second kappa shape index (κ2) is 9.84. The third-order valence-corrected chi connectivity index (χ3v) is 4.93. The van der Waals surface area contributed by atoms with Crippen molar-refractivity contribution < 1.29 is 0 Å². The van der Waals surface area contributed by atoms with Crippen LogP contribution >= 0.6 is 23.2 Å². The minimum atomic E-state index is 0.717. The standard InChI is InChI=1S/C21H25Cl2N3/c22-9-1-3-11-24-18-7-5-16-13-17-6-8-19(25-12-4-2-10-23)15-21(17)26-20(16)14-18/h5-8,13-15,24-25H,1-4,9-12H2. The first-order chi connectivity index (χ1) is 12.8. The maximum Gasteiger partial charge on any atom is 0.0730 e. The molecule has 5 heteroatoms. The molecule has 0 radical (unpaired) electrons. The van der Waals surface area contributed by atoms with E-state index >= 15 is 0 Å². The molecular formula is C21H25Cl2N3. The van der Waals surface area contributed by atoms with Gasteiger partial charge in [-0.3, -0.25) is 0 Å². The molecule has 0 spiro atoms. The van der Waals surface area contributed by atoms with Crippen LogP contribution in [0.2, 0.25) is 0 Å². The largest absolute Gasteiger partial charge is 0.385 e. The number of alkyl halides is 2. The molecule has 3 nitrogen and oxygen atoms in total.